The van der Waals surface area contributed by atoms with Gasteiger partial charge >= 0.3 is 11.4 Å². The Bertz CT molecular complexity index is 2580. The fourth-order valence-electron chi connectivity index (χ4n) is 9.19. The van der Waals surface area contributed by atoms with Gasteiger partial charge in [0.2, 0.25) is 0 Å². The standard InChI is InChI=1S/C40H43FN8O5/c1-21-15-28(16-22(2)33(21)41)49-34(47-13-11-42-37(47)51)32-24(4)46(12-9-29(32)44-49)35(50)31-18-27-17-25(26-10-14-53-39(5,6)20-26)7-8-30(27)48(31)40(19-23(40)3)36-43-38(52)54-45-36/h7-8,11,13,15-18,23-24,26H,9-10,12,14,19-20H2,1-6H3,(H,42,51)(H,43,45,52)/t23-,24-,26?,40-/m0/s1. The van der Waals surface area contributed by atoms with E-state index in [1.807, 2.05) is 22.5 Å². The summed E-state index contributed by atoms with van der Waals surface area (Å²) >= 11 is 0. The molecular weight excluding hydrogens is 691 g/mol. The second kappa shape index (κ2) is 12.0. The molecular formula is C40H43FN8O5. The molecule has 14 heteroatoms. The van der Waals surface area contributed by atoms with Crippen LogP contribution in [0.15, 0.2) is 62.9 Å². The van der Waals surface area contributed by atoms with Crippen LogP contribution in [0.5, 0.6) is 0 Å². The summed E-state index contributed by atoms with van der Waals surface area (Å²) in [5.41, 5.74) is 4.17. The topological polar surface area (TPSA) is 149 Å². The Morgan fingerprint density at radius 1 is 1.06 bits per heavy atom. The summed E-state index contributed by atoms with van der Waals surface area (Å²) in [5.74, 6) is 0.0935. The number of benzene rings is 2. The lowest BCUT2D eigenvalue weighted by Crippen LogP contribution is -2.41. The predicted octanol–water partition coefficient (Wildman–Crippen LogP) is 5.95. The van der Waals surface area contributed by atoms with Gasteiger partial charge in [-0.25, -0.2) is 18.7 Å². The van der Waals surface area contributed by atoms with Crippen molar-refractivity contribution in [2.24, 2.45) is 5.92 Å². The molecule has 0 spiro atoms. The number of H-pyrrole nitrogens is 2. The van der Waals surface area contributed by atoms with Crippen LogP contribution in [0.25, 0.3) is 22.4 Å². The van der Waals surface area contributed by atoms with Crippen LogP contribution in [0, 0.1) is 25.6 Å². The van der Waals surface area contributed by atoms with E-state index in [2.05, 4.69) is 54.1 Å². The van der Waals surface area contributed by atoms with E-state index in [0.29, 0.717) is 66.1 Å². The van der Waals surface area contributed by atoms with Crippen LogP contribution >= 0.6 is 0 Å². The Kier molecular flexibility index (Phi) is 7.62. The average molecular weight is 735 g/mol. The minimum Gasteiger partial charge on any atom is -0.376 e. The first-order chi connectivity index (χ1) is 25.8. The van der Waals surface area contributed by atoms with Gasteiger partial charge in [0, 0.05) is 48.4 Å². The summed E-state index contributed by atoms with van der Waals surface area (Å²) in [6.45, 7) is 12.7. The Morgan fingerprint density at radius 3 is 2.46 bits per heavy atom. The number of aromatic amines is 2. The molecule has 2 N–H and O–H groups in total. The van der Waals surface area contributed by atoms with Crippen LogP contribution in [-0.2, 0) is 16.7 Å². The van der Waals surface area contributed by atoms with E-state index in [0.717, 1.165) is 35.0 Å². The number of halogens is 1. The average Bonchev–Trinajstić information content (AvgIpc) is 3.65. The van der Waals surface area contributed by atoms with E-state index in [-0.39, 0.29) is 28.9 Å². The lowest BCUT2D eigenvalue weighted by Gasteiger charge is -2.35. The maximum absolute atomic E-state index is 15.2. The van der Waals surface area contributed by atoms with Crippen molar-refractivity contribution in [2.75, 3.05) is 13.2 Å². The largest absolute Gasteiger partial charge is 0.438 e. The van der Waals surface area contributed by atoms with E-state index in [4.69, 9.17) is 14.4 Å². The van der Waals surface area contributed by atoms with Gasteiger partial charge < -0.3 is 19.2 Å². The zero-order chi connectivity index (χ0) is 37.8. The van der Waals surface area contributed by atoms with E-state index in [9.17, 15) is 14.0 Å². The number of fused-ring (bicyclic) bond motifs is 2. The minimum atomic E-state index is -0.794. The fourth-order valence-corrected chi connectivity index (χ4v) is 9.19. The molecule has 6 aromatic rings. The molecule has 2 aliphatic heterocycles. The first-order valence-electron chi connectivity index (χ1n) is 18.6. The van der Waals surface area contributed by atoms with Gasteiger partial charge in [0.15, 0.2) is 5.82 Å². The van der Waals surface area contributed by atoms with E-state index in [1.54, 1.807) is 43.1 Å². The summed E-state index contributed by atoms with van der Waals surface area (Å²) in [6.07, 6.45) is 6.08. The molecule has 1 unspecified atom stereocenters. The molecule has 4 aromatic heterocycles. The van der Waals surface area contributed by atoms with Crippen molar-refractivity contribution in [1.82, 2.24) is 38.9 Å². The molecule has 1 aliphatic carbocycles. The molecule has 3 aliphatic rings. The third-order valence-corrected chi connectivity index (χ3v) is 12.0. The first kappa shape index (κ1) is 34.3. The molecule has 4 atom stereocenters. The number of imidazole rings is 1. The number of hydrogen-bond donors (Lipinski definition) is 2. The number of carbonyl (C=O) groups excluding carboxylic acids is 1. The molecule has 13 nitrogen and oxygen atoms in total. The number of nitrogens with zero attached hydrogens (tertiary/aromatic N) is 6. The molecule has 1 amide bonds. The molecule has 1 saturated heterocycles. The molecule has 280 valence electrons. The van der Waals surface area contributed by atoms with Gasteiger partial charge in [-0.1, -0.05) is 18.1 Å². The quantitative estimate of drug-likeness (QED) is 0.215. The number of amides is 1. The zero-order valence-electron chi connectivity index (χ0n) is 31.2. The van der Waals surface area contributed by atoms with Crippen molar-refractivity contribution in [2.45, 2.75) is 90.3 Å². The van der Waals surface area contributed by atoms with Crippen LogP contribution in [0.1, 0.15) is 103 Å². The molecule has 54 heavy (non-hydrogen) atoms. The monoisotopic (exact) mass is 734 g/mol. The molecule has 0 radical (unpaired) electrons. The summed E-state index contributed by atoms with van der Waals surface area (Å²) in [5, 5.41) is 10.1. The molecule has 2 fully saturated rings. The highest BCUT2D eigenvalue weighted by atomic mass is 19.1. The Labute approximate surface area is 309 Å². The van der Waals surface area contributed by atoms with Crippen LogP contribution < -0.4 is 11.4 Å². The Hall–Kier alpha value is -5.50. The molecule has 2 aromatic carbocycles. The summed E-state index contributed by atoms with van der Waals surface area (Å²) in [7, 11) is 0. The number of rotatable bonds is 6. The Morgan fingerprint density at radius 2 is 1.81 bits per heavy atom. The number of ether oxygens (including phenoxy) is 1. The molecule has 1 saturated carbocycles. The molecule has 9 rings (SSSR count). The van der Waals surface area contributed by atoms with Gasteiger partial charge in [-0.05, 0) is 113 Å². The van der Waals surface area contributed by atoms with Crippen LogP contribution in [-0.4, -0.2) is 63.6 Å². The van der Waals surface area contributed by atoms with E-state index < -0.39 is 17.3 Å². The van der Waals surface area contributed by atoms with Crippen LogP contribution in [0.4, 0.5) is 4.39 Å². The smallest absolute Gasteiger partial charge is 0.376 e. The number of carbonyl (C=O) groups is 1. The second-order valence-corrected chi connectivity index (χ2v) is 16.0. The van der Waals surface area contributed by atoms with Crippen molar-refractivity contribution >= 4 is 16.8 Å². The second-order valence-electron chi connectivity index (χ2n) is 16.0. The lowest BCUT2D eigenvalue weighted by molar-refractivity contribution is -0.0592. The van der Waals surface area contributed by atoms with Gasteiger partial charge in [0.25, 0.3) is 5.91 Å². The fraction of sp³-hybridized carbons (Fsp3) is 0.425. The Balaban J connectivity index is 1.18. The van der Waals surface area contributed by atoms with Crippen molar-refractivity contribution in [3.63, 3.8) is 0 Å². The third-order valence-electron chi connectivity index (χ3n) is 12.0. The number of aromatic nitrogens is 7. The van der Waals surface area contributed by atoms with Crippen LogP contribution in [0.2, 0.25) is 0 Å². The highest BCUT2D eigenvalue weighted by Gasteiger charge is 2.59. The van der Waals surface area contributed by atoms with Crippen molar-refractivity contribution < 1.29 is 18.4 Å². The van der Waals surface area contributed by atoms with Gasteiger partial charge in [-0.2, -0.15) is 5.10 Å². The highest BCUT2D eigenvalue weighted by Crippen LogP contribution is 2.56. The van der Waals surface area contributed by atoms with Gasteiger partial charge in [0.05, 0.1) is 23.0 Å². The molecule has 0 bridgehead atoms. The first-order valence-corrected chi connectivity index (χ1v) is 18.6. The predicted molar refractivity (Wildman–Crippen MR) is 198 cm³/mol. The summed E-state index contributed by atoms with van der Waals surface area (Å²) in [6, 6.07) is 11.3. The van der Waals surface area contributed by atoms with Crippen molar-refractivity contribution in [3.05, 3.63) is 115 Å². The van der Waals surface area contributed by atoms with E-state index in [1.165, 1.54) is 10.1 Å². The molecule has 6 heterocycles. The van der Waals surface area contributed by atoms with Crippen LogP contribution in [0.3, 0.4) is 0 Å². The van der Waals surface area contributed by atoms with Gasteiger partial charge in [0.1, 0.15) is 22.9 Å². The summed E-state index contributed by atoms with van der Waals surface area (Å²) in [4.78, 5) is 48.0. The third kappa shape index (κ3) is 5.17. The normalized spacial score (nSPS) is 23.5. The number of nitrogens with one attached hydrogen (secondary N) is 2. The number of hydrogen-bond acceptors (Lipinski definition) is 7. The highest BCUT2D eigenvalue weighted by molar-refractivity contribution is 6.00. The van der Waals surface area contributed by atoms with Crippen molar-refractivity contribution in [1.29, 1.82) is 0 Å². The zero-order valence-corrected chi connectivity index (χ0v) is 31.2. The maximum Gasteiger partial charge on any atom is 0.438 e. The lowest BCUT2D eigenvalue weighted by atomic mass is 9.83. The summed E-state index contributed by atoms with van der Waals surface area (Å²) < 4.78 is 31.0. The number of aryl methyl sites for hydroxylation is 2. The minimum absolute atomic E-state index is 0.0506. The SMILES string of the molecule is Cc1cc(-n2nc3c(c2-n2cc[nH]c2=O)[C@H](C)N(C(=O)c2cc4cc(C5CCOC(C)(C)C5)ccc4n2[C@@]2(c4noc(=O)[nH]4)C[C@@H]2C)CC3)cc(C)c1F. The maximum atomic E-state index is 15.2. The van der Waals surface area contributed by atoms with E-state index >= 15 is 4.79 Å². The van der Waals surface area contributed by atoms with Gasteiger partial charge in [-0.15, -0.1) is 0 Å². The van der Waals surface area contributed by atoms with Crippen molar-refractivity contribution in [3.8, 4) is 11.5 Å². The van der Waals surface area contributed by atoms with Gasteiger partial charge in [-0.3, -0.25) is 18.9 Å².